The monoisotopic (exact) mass is 380 g/mol. The summed E-state index contributed by atoms with van der Waals surface area (Å²) in [5.74, 6) is 0. The van der Waals surface area contributed by atoms with Gasteiger partial charge in [-0.15, -0.1) is 0 Å². The Kier molecular flexibility index (Phi) is 7.95. The van der Waals surface area contributed by atoms with Crippen molar-refractivity contribution in [2.75, 3.05) is 6.16 Å². The van der Waals surface area contributed by atoms with Crippen molar-refractivity contribution in [3.05, 3.63) is 70.8 Å². The lowest BCUT2D eigenvalue weighted by Crippen LogP contribution is -2.01. The molecule has 0 nitrogen and oxygen atoms in total. The fourth-order valence-corrected chi connectivity index (χ4v) is 8.74. The van der Waals surface area contributed by atoms with Crippen molar-refractivity contribution in [2.24, 2.45) is 0 Å². The van der Waals surface area contributed by atoms with Crippen molar-refractivity contribution in [1.29, 1.82) is 0 Å². The van der Waals surface area contributed by atoms with Crippen molar-refractivity contribution < 1.29 is 0 Å². The lowest BCUT2D eigenvalue weighted by atomic mass is 9.99. The second kappa shape index (κ2) is 10.4. The molecule has 146 valence electrons. The second-order valence-corrected chi connectivity index (χ2v) is 11.1. The third kappa shape index (κ3) is 5.23. The Balaban J connectivity index is 1.75. The van der Waals surface area contributed by atoms with Gasteiger partial charge in [-0.3, -0.25) is 0 Å². The van der Waals surface area contributed by atoms with Crippen LogP contribution in [0, 0.1) is 13.8 Å². The Morgan fingerprint density at radius 1 is 0.704 bits per heavy atom. The summed E-state index contributed by atoms with van der Waals surface area (Å²) in [5.41, 5.74) is 7.91. The standard InChI is InChI=1S/C26H37P/c1-4-5-6-7-8-13-20-27-25(23-16-11-9-14-21(23)2)18-19-26(27)24-17-12-10-15-22(24)3/h9-12,14-17,25-26H,4-8,13,18-20H2,1-3H3. The van der Waals surface area contributed by atoms with E-state index in [1.807, 2.05) is 0 Å². The molecule has 1 aliphatic heterocycles. The molecule has 0 saturated carbocycles. The Bertz CT molecular complexity index is 651. The summed E-state index contributed by atoms with van der Waals surface area (Å²) in [6, 6.07) is 18.4. The van der Waals surface area contributed by atoms with Crippen molar-refractivity contribution in [3.8, 4) is 0 Å². The Labute approximate surface area is 168 Å². The van der Waals surface area contributed by atoms with Gasteiger partial charge in [0.15, 0.2) is 0 Å². The van der Waals surface area contributed by atoms with E-state index in [2.05, 4.69) is 69.3 Å². The average Bonchev–Trinajstić information content (AvgIpc) is 3.09. The molecule has 2 aromatic carbocycles. The maximum absolute atomic E-state index is 2.41. The van der Waals surface area contributed by atoms with Gasteiger partial charge in [-0.2, -0.15) is 0 Å². The summed E-state index contributed by atoms with van der Waals surface area (Å²) in [4.78, 5) is 0. The summed E-state index contributed by atoms with van der Waals surface area (Å²) in [6.45, 7) is 6.94. The van der Waals surface area contributed by atoms with Crippen molar-refractivity contribution in [2.45, 2.75) is 83.5 Å². The van der Waals surface area contributed by atoms with E-state index in [1.165, 1.54) is 68.7 Å². The minimum absolute atomic E-state index is 0.0186. The molecule has 0 radical (unpaired) electrons. The predicted molar refractivity (Wildman–Crippen MR) is 122 cm³/mol. The molecule has 1 saturated heterocycles. The predicted octanol–water partition coefficient (Wildman–Crippen LogP) is 8.72. The first kappa shape index (κ1) is 20.6. The molecule has 1 aliphatic rings. The van der Waals surface area contributed by atoms with Crippen LogP contribution in [0.3, 0.4) is 0 Å². The molecule has 2 unspecified atom stereocenters. The number of hydrogen-bond donors (Lipinski definition) is 0. The third-order valence-electron chi connectivity index (χ3n) is 6.38. The smallest absolute Gasteiger partial charge is 0.00502 e. The Morgan fingerprint density at radius 2 is 1.19 bits per heavy atom. The molecule has 2 aromatic rings. The zero-order chi connectivity index (χ0) is 19.1. The third-order valence-corrected chi connectivity index (χ3v) is 9.89. The molecular formula is C26H37P. The van der Waals surface area contributed by atoms with Crippen molar-refractivity contribution in [1.82, 2.24) is 0 Å². The minimum Gasteiger partial charge on any atom is -0.0913 e. The molecule has 1 heterocycles. The topological polar surface area (TPSA) is 0 Å². The number of unbranched alkanes of at least 4 members (excludes halogenated alkanes) is 5. The summed E-state index contributed by atoms with van der Waals surface area (Å²) in [6.07, 6.45) is 12.7. The molecule has 27 heavy (non-hydrogen) atoms. The maximum Gasteiger partial charge on any atom is 0.00502 e. The van der Waals surface area contributed by atoms with Crippen LogP contribution in [-0.4, -0.2) is 6.16 Å². The van der Waals surface area contributed by atoms with Crippen molar-refractivity contribution >= 4 is 7.92 Å². The van der Waals surface area contributed by atoms with Crippen LogP contribution in [0.25, 0.3) is 0 Å². The molecule has 1 fully saturated rings. The summed E-state index contributed by atoms with van der Waals surface area (Å²) in [7, 11) is 0.0186. The SMILES string of the molecule is CCCCCCCCP1C(c2ccccc2C)CCC1c1ccccc1C. The van der Waals surface area contributed by atoms with E-state index in [4.69, 9.17) is 0 Å². The summed E-state index contributed by atoms with van der Waals surface area (Å²) < 4.78 is 0. The van der Waals surface area contributed by atoms with E-state index in [9.17, 15) is 0 Å². The van der Waals surface area contributed by atoms with Gasteiger partial charge < -0.3 is 0 Å². The largest absolute Gasteiger partial charge is 0.0913 e. The summed E-state index contributed by atoms with van der Waals surface area (Å²) >= 11 is 0. The van der Waals surface area contributed by atoms with E-state index in [0.717, 1.165) is 11.3 Å². The zero-order valence-electron chi connectivity index (χ0n) is 17.6. The van der Waals surface area contributed by atoms with Crippen molar-refractivity contribution in [3.63, 3.8) is 0 Å². The van der Waals surface area contributed by atoms with Gasteiger partial charge in [-0.1, -0.05) is 95.5 Å². The fourth-order valence-electron chi connectivity index (χ4n) is 4.84. The normalized spacial score (nSPS) is 22.3. The molecule has 2 atom stereocenters. The highest BCUT2D eigenvalue weighted by molar-refractivity contribution is 7.58. The van der Waals surface area contributed by atoms with Crippen LogP contribution in [0.5, 0.6) is 0 Å². The molecule has 3 rings (SSSR count). The first-order valence-electron chi connectivity index (χ1n) is 11.1. The first-order chi connectivity index (χ1) is 13.2. The van der Waals surface area contributed by atoms with Gasteiger partial charge >= 0.3 is 0 Å². The lowest BCUT2D eigenvalue weighted by Gasteiger charge is -2.28. The lowest BCUT2D eigenvalue weighted by molar-refractivity contribution is 0.625. The number of rotatable bonds is 9. The molecule has 0 aromatic heterocycles. The minimum atomic E-state index is 0.0186. The highest BCUT2D eigenvalue weighted by Gasteiger charge is 2.37. The van der Waals surface area contributed by atoms with Gasteiger partial charge in [0.1, 0.15) is 0 Å². The Hall–Kier alpha value is -1.13. The zero-order valence-corrected chi connectivity index (χ0v) is 18.5. The second-order valence-electron chi connectivity index (χ2n) is 8.33. The highest BCUT2D eigenvalue weighted by Crippen LogP contribution is 2.71. The van der Waals surface area contributed by atoms with Crippen LogP contribution >= 0.6 is 7.92 Å². The molecule has 0 aliphatic carbocycles. The van der Waals surface area contributed by atoms with Crippen LogP contribution in [0.2, 0.25) is 0 Å². The van der Waals surface area contributed by atoms with E-state index in [-0.39, 0.29) is 7.92 Å². The number of benzene rings is 2. The maximum atomic E-state index is 2.41. The molecule has 0 spiro atoms. The van der Waals surface area contributed by atoms with Crippen LogP contribution < -0.4 is 0 Å². The average molecular weight is 381 g/mol. The van der Waals surface area contributed by atoms with Crippen LogP contribution in [0.4, 0.5) is 0 Å². The van der Waals surface area contributed by atoms with E-state index in [0.29, 0.717) is 0 Å². The van der Waals surface area contributed by atoms with Crippen LogP contribution in [-0.2, 0) is 0 Å². The number of hydrogen-bond acceptors (Lipinski definition) is 0. The van der Waals surface area contributed by atoms with E-state index < -0.39 is 0 Å². The van der Waals surface area contributed by atoms with Crippen LogP contribution in [0.1, 0.15) is 91.9 Å². The first-order valence-corrected chi connectivity index (χ1v) is 12.8. The molecule has 0 N–H and O–H groups in total. The van der Waals surface area contributed by atoms with E-state index >= 15 is 0 Å². The quantitative estimate of drug-likeness (QED) is 0.301. The van der Waals surface area contributed by atoms with E-state index in [1.54, 1.807) is 11.1 Å². The molecule has 1 heteroatoms. The van der Waals surface area contributed by atoms with Crippen LogP contribution in [0.15, 0.2) is 48.5 Å². The molecule has 0 bridgehead atoms. The summed E-state index contributed by atoms with van der Waals surface area (Å²) in [5, 5.41) is 0. The Morgan fingerprint density at radius 3 is 1.70 bits per heavy atom. The fraction of sp³-hybridized carbons (Fsp3) is 0.538. The van der Waals surface area contributed by atoms with Gasteiger partial charge in [-0.25, -0.2) is 0 Å². The molecule has 0 amide bonds. The van der Waals surface area contributed by atoms with Gasteiger partial charge in [-0.05, 0) is 61.5 Å². The van der Waals surface area contributed by atoms with Gasteiger partial charge in [0.25, 0.3) is 0 Å². The molecular weight excluding hydrogens is 343 g/mol. The van der Waals surface area contributed by atoms with Gasteiger partial charge in [0.05, 0.1) is 0 Å². The van der Waals surface area contributed by atoms with Gasteiger partial charge in [0, 0.05) is 11.3 Å². The number of aryl methyl sites for hydroxylation is 2. The van der Waals surface area contributed by atoms with Gasteiger partial charge in [0.2, 0.25) is 0 Å². The highest BCUT2D eigenvalue weighted by atomic mass is 31.1.